The molecule has 3 heteroatoms. The number of ether oxygens (including phenoxy) is 1. The third-order valence-electron chi connectivity index (χ3n) is 4.15. The molecule has 0 radical (unpaired) electrons. The standard InChI is InChI=1S/C14H20ClNO/c1-13(2,7-8-16)14(9-17-10-14)11-5-3-4-6-12(11)15/h3-6H,7-10,16H2,1-2H3. The van der Waals surface area contributed by atoms with Crippen LogP contribution in [0.1, 0.15) is 25.8 Å². The average Bonchev–Trinajstić information content (AvgIpc) is 2.18. The Hall–Kier alpha value is -0.570. The summed E-state index contributed by atoms with van der Waals surface area (Å²) in [6.45, 7) is 6.68. The molecule has 0 atom stereocenters. The number of halogens is 1. The molecule has 0 bridgehead atoms. The van der Waals surface area contributed by atoms with Crippen molar-refractivity contribution in [1.82, 2.24) is 0 Å². The largest absolute Gasteiger partial charge is 0.379 e. The second-order valence-electron chi connectivity index (χ2n) is 5.48. The van der Waals surface area contributed by atoms with Crippen LogP contribution in [-0.4, -0.2) is 19.8 Å². The minimum atomic E-state index is 0.0186. The zero-order valence-corrected chi connectivity index (χ0v) is 11.3. The minimum Gasteiger partial charge on any atom is -0.379 e. The highest BCUT2D eigenvalue weighted by Crippen LogP contribution is 2.50. The first-order valence-electron chi connectivity index (χ1n) is 6.06. The fourth-order valence-electron chi connectivity index (χ4n) is 2.67. The molecule has 1 aromatic carbocycles. The van der Waals surface area contributed by atoms with Crippen LogP contribution in [0.3, 0.4) is 0 Å². The molecule has 0 unspecified atom stereocenters. The predicted molar refractivity (Wildman–Crippen MR) is 71.4 cm³/mol. The van der Waals surface area contributed by atoms with Crippen LogP contribution in [0.25, 0.3) is 0 Å². The van der Waals surface area contributed by atoms with Crippen molar-refractivity contribution in [2.24, 2.45) is 11.1 Å². The lowest BCUT2D eigenvalue weighted by atomic mass is 9.59. The number of hydrogen-bond acceptors (Lipinski definition) is 2. The summed E-state index contributed by atoms with van der Waals surface area (Å²) in [5, 5.41) is 0.834. The maximum absolute atomic E-state index is 6.34. The van der Waals surface area contributed by atoms with E-state index in [1.807, 2.05) is 18.2 Å². The highest BCUT2D eigenvalue weighted by Gasteiger charge is 2.52. The van der Waals surface area contributed by atoms with Gasteiger partial charge in [-0.1, -0.05) is 43.6 Å². The van der Waals surface area contributed by atoms with E-state index in [9.17, 15) is 0 Å². The molecule has 1 aliphatic heterocycles. The smallest absolute Gasteiger partial charge is 0.0591 e. The van der Waals surface area contributed by atoms with Gasteiger partial charge in [-0.15, -0.1) is 0 Å². The Labute approximate surface area is 108 Å². The van der Waals surface area contributed by atoms with E-state index in [0.717, 1.165) is 24.7 Å². The lowest BCUT2D eigenvalue weighted by molar-refractivity contribution is -0.121. The van der Waals surface area contributed by atoms with Gasteiger partial charge in [-0.2, -0.15) is 0 Å². The van der Waals surface area contributed by atoms with Gasteiger partial charge in [0.15, 0.2) is 0 Å². The van der Waals surface area contributed by atoms with Crippen LogP contribution in [0.2, 0.25) is 5.02 Å². The van der Waals surface area contributed by atoms with Crippen molar-refractivity contribution in [2.45, 2.75) is 25.7 Å². The second kappa shape index (κ2) is 4.60. The van der Waals surface area contributed by atoms with Crippen molar-refractivity contribution in [3.8, 4) is 0 Å². The van der Waals surface area contributed by atoms with E-state index in [0.29, 0.717) is 6.54 Å². The maximum atomic E-state index is 6.34. The van der Waals surface area contributed by atoms with Crippen LogP contribution in [0, 0.1) is 5.41 Å². The Morgan fingerprint density at radius 1 is 1.35 bits per heavy atom. The van der Waals surface area contributed by atoms with Crippen LogP contribution >= 0.6 is 11.6 Å². The fourth-order valence-corrected chi connectivity index (χ4v) is 2.98. The van der Waals surface area contributed by atoms with E-state index in [2.05, 4.69) is 19.9 Å². The molecule has 0 aliphatic carbocycles. The molecule has 0 spiro atoms. The van der Waals surface area contributed by atoms with Crippen molar-refractivity contribution in [1.29, 1.82) is 0 Å². The summed E-state index contributed by atoms with van der Waals surface area (Å²) >= 11 is 6.34. The topological polar surface area (TPSA) is 35.2 Å². The summed E-state index contributed by atoms with van der Waals surface area (Å²) in [5.74, 6) is 0. The molecule has 94 valence electrons. The van der Waals surface area contributed by atoms with Gasteiger partial charge in [0.1, 0.15) is 0 Å². The third-order valence-corrected chi connectivity index (χ3v) is 4.48. The molecule has 2 rings (SSSR count). The Bertz CT molecular complexity index is 399. The highest BCUT2D eigenvalue weighted by atomic mass is 35.5. The summed E-state index contributed by atoms with van der Waals surface area (Å²) in [4.78, 5) is 0. The highest BCUT2D eigenvalue weighted by molar-refractivity contribution is 6.31. The van der Waals surface area contributed by atoms with E-state index in [1.54, 1.807) is 0 Å². The Balaban J connectivity index is 2.42. The van der Waals surface area contributed by atoms with Crippen molar-refractivity contribution >= 4 is 11.6 Å². The van der Waals surface area contributed by atoms with E-state index in [4.69, 9.17) is 22.1 Å². The van der Waals surface area contributed by atoms with Crippen LogP contribution in [0.4, 0.5) is 0 Å². The van der Waals surface area contributed by atoms with Gasteiger partial charge >= 0.3 is 0 Å². The van der Waals surface area contributed by atoms with Crippen LogP contribution in [0.15, 0.2) is 24.3 Å². The molecule has 0 aromatic heterocycles. The lowest BCUT2D eigenvalue weighted by Crippen LogP contribution is -2.57. The molecule has 2 N–H and O–H groups in total. The molecule has 0 saturated carbocycles. The van der Waals surface area contributed by atoms with E-state index < -0.39 is 0 Å². The average molecular weight is 254 g/mol. The minimum absolute atomic E-state index is 0.0186. The van der Waals surface area contributed by atoms with Crippen LogP contribution < -0.4 is 5.73 Å². The molecule has 0 amide bonds. The molecule has 1 heterocycles. The molecule has 1 aromatic rings. The van der Waals surface area contributed by atoms with Gasteiger partial charge in [-0.3, -0.25) is 0 Å². The van der Waals surface area contributed by atoms with Gasteiger partial charge < -0.3 is 10.5 Å². The number of nitrogens with two attached hydrogens (primary N) is 1. The Kier molecular flexibility index (Phi) is 3.48. The predicted octanol–water partition coefficient (Wildman–Crippen LogP) is 2.98. The summed E-state index contributed by atoms with van der Waals surface area (Å²) in [6.07, 6.45) is 0.974. The Morgan fingerprint density at radius 3 is 2.47 bits per heavy atom. The second-order valence-corrected chi connectivity index (χ2v) is 5.88. The van der Waals surface area contributed by atoms with Gasteiger partial charge in [-0.05, 0) is 30.0 Å². The van der Waals surface area contributed by atoms with E-state index in [1.165, 1.54) is 5.56 Å². The van der Waals surface area contributed by atoms with Gasteiger partial charge in [0.05, 0.1) is 13.2 Å². The summed E-state index contributed by atoms with van der Waals surface area (Å²) in [6, 6.07) is 8.08. The van der Waals surface area contributed by atoms with Gasteiger partial charge in [0.25, 0.3) is 0 Å². The van der Waals surface area contributed by atoms with Gasteiger partial charge in [0.2, 0.25) is 0 Å². The number of hydrogen-bond donors (Lipinski definition) is 1. The molecule has 2 nitrogen and oxygen atoms in total. The molecular formula is C14H20ClNO. The third kappa shape index (κ3) is 1.99. The molecule has 1 aliphatic rings. The zero-order valence-electron chi connectivity index (χ0n) is 10.5. The van der Waals surface area contributed by atoms with Crippen molar-refractivity contribution in [3.63, 3.8) is 0 Å². The van der Waals surface area contributed by atoms with E-state index in [-0.39, 0.29) is 10.8 Å². The normalized spacial score (nSPS) is 18.8. The van der Waals surface area contributed by atoms with Gasteiger partial charge in [-0.25, -0.2) is 0 Å². The molecule has 17 heavy (non-hydrogen) atoms. The maximum Gasteiger partial charge on any atom is 0.0591 e. The fraction of sp³-hybridized carbons (Fsp3) is 0.571. The van der Waals surface area contributed by atoms with Crippen LogP contribution in [-0.2, 0) is 10.2 Å². The van der Waals surface area contributed by atoms with Crippen molar-refractivity contribution in [2.75, 3.05) is 19.8 Å². The van der Waals surface area contributed by atoms with E-state index >= 15 is 0 Å². The first-order chi connectivity index (χ1) is 8.03. The van der Waals surface area contributed by atoms with Crippen molar-refractivity contribution in [3.05, 3.63) is 34.9 Å². The van der Waals surface area contributed by atoms with Gasteiger partial charge in [0, 0.05) is 10.4 Å². The summed E-state index contributed by atoms with van der Waals surface area (Å²) in [7, 11) is 0. The Morgan fingerprint density at radius 2 is 2.00 bits per heavy atom. The first kappa shape index (κ1) is 12.9. The molecular weight excluding hydrogens is 234 g/mol. The lowest BCUT2D eigenvalue weighted by Gasteiger charge is -2.53. The number of benzene rings is 1. The quantitative estimate of drug-likeness (QED) is 0.895. The van der Waals surface area contributed by atoms with Crippen molar-refractivity contribution < 1.29 is 4.74 Å². The molecule has 1 fully saturated rings. The number of rotatable bonds is 4. The molecule has 1 saturated heterocycles. The summed E-state index contributed by atoms with van der Waals surface area (Å²) in [5.41, 5.74) is 7.05. The zero-order chi connectivity index (χ0) is 12.5. The first-order valence-corrected chi connectivity index (χ1v) is 6.44. The SMILES string of the molecule is CC(C)(CCN)C1(c2ccccc2Cl)COC1. The summed E-state index contributed by atoms with van der Waals surface area (Å²) < 4.78 is 5.48. The van der Waals surface area contributed by atoms with Crippen LogP contribution in [0.5, 0.6) is 0 Å². The monoisotopic (exact) mass is 253 g/mol.